The van der Waals surface area contributed by atoms with Gasteiger partial charge in [0.2, 0.25) is 0 Å². The molecule has 4 aliphatic heterocycles. The number of piperazine rings is 3. The second kappa shape index (κ2) is 13.8. The third-order valence-corrected chi connectivity index (χ3v) is 5.77. The van der Waals surface area contributed by atoms with Crippen molar-refractivity contribution >= 4 is 0 Å². The molecular formula is C20H42N2O6+2. The van der Waals surface area contributed by atoms with E-state index in [0.717, 1.165) is 0 Å². The van der Waals surface area contributed by atoms with E-state index in [9.17, 15) is 0 Å². The molecule has 28 heavy (non-hydrogen) atoms. The number of nitrogens with zero attached hydrogens (tertiary/aromatic N) is 2. The summed E-state index contributed by atoms with van der Waals surface area (Å²) < 4.78 is 34.7. The second-order valence-corrected chi connectivity index (χ2v) is 8.25. The van der Waals surface area contributed by atoms with Gasteiger partial charge in [-0.05, 0) is 0 Å². The average Bonchev–Trinajstić information content (AvgIpc) is 2.70. The van der Waals surface area contributed by atoms with E-state index in [2.05, 4.69) is 14.1 Å². The van der Waals surface area contributed by atoms with Crippen LogP contribution >= 0.6 is 0 Å². The molecule has 0 amide bonds. The predicted octanol–water partition coefficient (Wildman–Crippen LogP) is 0.00640. The zero-order valence-corrected chi connectivity index (χ0v) is 18.1. The van der Waals surface area contributed by atoms with E-state index in [4.69, 9.17) is 28.4 Å². The highest BCUT2D eigenvalue weighted by Crippen LogP contribution is 2.21. The summed E-state index contributed by atoms with van der Waals surface area (Å²) in [6, 6.07) is 0. The number of hydrogen-bond acceptors (Lipinski definition) is 6. The number of likely N-dealkylation sites (N-methyl/N-ethyl adjacent to an activating group) is 2. The van der Waals surface area contributed by atoms with Crippen LogP contribution in [0.15, 0.2) is 0 Å². The summed E-state index contributed by atoms with van der Waals surface area (Å²) >= 11 is 0. The molecule has 0 atom stereocenters. The quantitative estimate of drug-likeness (QED) is 0.528. The van der Waals surface area contributed by atoms with E-state index in [1.165, 1.54) is 48.2 Å². The van der Waals surface area contributed by atoms with Crippen LogP contribution in [0.3, 0.4) is 0 Å². The fourth-order valence-electron chi connectivity index (χ4n) is 3.44. The molecule has 8 nitrogen and oxygen atoms in total. The van der Waals surface area contributed by atoms with Crippen LogP contribution in [0.25, 0.3) is 0 Å². The van der Waals surface area contributed by atoms with Crippen LogP contribution in [0.5, 0.6) is 0 Å². The smallest absolute Gasteiger partial charge is 0.129 e. The minimum atomic E-state index is 0.586. The minimum Gasteiger partial charge on any atom is -0.377 e. The minimum absolute atomic E-state index is 0.586. The van der Waals surface area contributed by atoms with Crippen molar-refractivity contribution in [2.75, 3.05) is 133 Å². The van der Waals surface area contributed by atoms with Crippen LogP contribution < -0.4 is 0 Å². The molecule has 4 aliphatic rings. The Morgan fingerprint density at radius 2 is 0.464 bits per heavy atom. The van der Waals surface area contributed by atoms with Gasteiger partial charge in [-0.3, -0.25) is 0 Å². The Morgan fingerprint density at radius 1 is 0.321 bits per heavy atom. The third-order valence-electron chi connectivity index (χ3n) is 5.77. The van der Waals surface area contributed by atoms with Crippen LogP contribution in [0, 0.1) is 0 Å². The van der Waals surface area contributed by atoms with E-state index in [1.54, 1.807) is 0 Å². The number of fused-ring (bicyclic) bond motifs is 3. The highest BCUT2D eigenvalue weighted by atomic mass is 16.6. The predicted molar refractivity (Wildman–Crippen MR) is 106 cm³/mol. The summed E-state index contributed by atoms with van der Waals surface area (Å²) in [5.74, 6) is 0. The summed E-state index contributed by atoms with van der Waals surface area (Å²) in [6.07, 6.45) is 0. The summed E-state index contributed by atoms with van der Waals surface area (Å²) in [4.78, 5) is 0. The van der Waals surface area contributed by atoms with Gasteiger partial charge in [-0.15, -0.1) is 0 Å². The lowest BCUT2D eigenvalue weighted by atomic mass is 10.1. The number of quaternary nitrogens is 2. The van der Waals surface area contributed by atoms with E-state index in [0.29, 0.717) is 79.3 Å². The van der Waals surface area contributed by atoms with Crippen molar-refractivity contribution in [3.8, 4) is 0 Å². The molecule has 166 valence electrons. The molecular weight excluding hydrogens is 364 g/mol. The fourth-order valence-corrected chi connectivity index (χ4v) is 3.44. The first-order valence-electron chi connectivity index (χ1n) is 10.8. The first-order chi connectivity index (χ1) is 13.6. The monoisotopic (exact) mass is 406 g/mol. The SMILES string of the molecule is C1COCCOCCOCCOCCOCCO1.C[N+]12CC[N+](C)(CC1)CC2. The van der Waals surface area contributed by atoms with Crippen LogP contribution in [0.1, 0.15) is 0 Å². The number of ether oxygens (including phenoxy) is 6. The first-order valence-corrected chi connectivity index (χ1v) is 10.8. The van der Waals surface area contributed by atoms with E-state index in [1.807, 2.05) is 0 Å². The van der Waals surface area contributed by atoms with E-state index < -0.39 is 0 Å². The van der Waals surface area contributed by atoms with Crippen molar-refractivity contribution in [2.45, 2.75) is 0 Å². The average molecular weight is 407 g/mol. The molecule has 0 aromatic rings. The van der Waals surface area contributed by atoms with Gasteiger partial charge in [-0.25, -0.2) is 0 Å². The van der Waals surface area contributed by atoms with E-state index in [-0.39, 0.29) is 0 Å². The third kappa shape index (κ3) is 10.5. The van der Waals surface area contributed by atoms with Crippen molar-refractivity contribution in [2.24, 2.45) is 0 Å². The Bertz CT molecular complexity index is 281. The van der Waals surface area contributed by atoms with Crippen molar-refractivity contribution in [1.29, 1.82) is 0 Å². The zero-order chi connectivity index (χ0) is 20.0. The van der Waals surface area contributed by atoms with Crippen molar-refractivity contribution in [3.05, 3.63) is 0 Å². The number of hydrogen-bond donors (Lipinski definition) is 0. The standard InChI is InChI=1S/C12H24O6.C8H18N2/c1-2-14-5-6-16-9-10-18-12-11-17-8-7-15-4-3-13-1;1-9-3-6-10(2,7-4-9)8-5-9/h1-12H2;3-8H2,1-2H3/q;+2. The van der Waals surface area contributed by atoms with Gasteiger partial charge in [0.1, 0.15) is 39.3 Å². The van der Waals surface area contributed by atoms with Gasteiger partial charge in [0.15, 0.2) is 0 Å². The Labute approximate surface area is 170 Å². The van der Waals surface area contributed by atoms with Gasteiger partial charge in [0, 0.05) is 0 Å². The Morgan fingerprint density at radius 3 is 0.607 bits per heavy atom. The lowest BCUT2D eigenvalue weighted by Gasteiger charge is -2.52. The Hall–Kier alpha value is -0.320. The normalized spacial score (nSPS) is 34.5. The number of rotatable bonds is 0. The molecule has 2 bridgehead atoms. The van der Waals surface area contributed by atoms with Gasteiger partial charge in [-0.2, -0.15) is 0 Å². The largest absolute Gasteiger partial charge is 0.377 e. The maximum atomic E-state index is 5.33. The lowest BCUT2D eigenvalue weighted by molar-refractivity contribution is -1.06. The Kier molecular flexibility index (Phi) is 11.8. The molecule has 4 fully saturated rings. The first kappa shape index (κ1) is 24.0. The van der Waals surface area contributed by atoms with Crippen molar-refractivity contribution in [3.63, 3.8) is 0 Å². The van der Waals surface area contributed by atoms with Crippen LogP contribution in [-0.4, -0.2) is 142 Å². The topological polar surface area (TPSA) is 55.4 Å². The van der Waals surface area contributed by atoms with Gasteiger partial charge in [0.05, 0.1) is 93.4 Å². The van der Waals surface area contributed by atoms with Gasteiger partial charge < -0.3 is 37.4 Å². The molecule has 4 heterocycles. The van der Waals surface area contributed by atoms with Crippen molar-refractivity contribution < 1.29 is 37.4 Å². The van der Waals surface area contributed by atoms with Gasteiger partial charge >= 0.3 is 0 Å². The summed E-state index contributed by atoms with van der Waals surface area (Å²) in [6.45, 7) is 15.5. The summed E-state index contributed by atoms with van der Waals surface area (Å²) in [7, 11) is 4.81. The molecule has 0 spiro atoms. The maximum Gasteiger partial charge on any atom is 0.129 e. The molecule has 8 heteroatoms. The molecule has 0 aromatic heterocycles. The van der Waals surface area contributed by atoms with Gasteiger partial charge in [0.25, 0.3) is 0 Å². The Balaban J connectivity index is 0.000000233. The van der Waals surface area contributed by atoms with Crippen LogP contribution in [0.4, 0.5) is 0 Å². The van der Waals surface area contributed by atoms with Crippen LogP contribution in [0.2, 0.25) is 0 Å². The molecule has 4 saturated heterocycles. The summed E-state index contributed by atoms with van der Waals surface area (Å²) in [5.41, 5.74) is 0. The molecule has 0 unspecified atom stereocenters. The molecule has 0 saturated carbocycles. The summed E-state index contributed by atoms with van der Waals surface area (Å²) in [5, 5.41) is 0. The molecule has 0 N–H and O–H groups in total. The molecule has 0 aliphatic carbocycles. The molecule has 0 aromatic carbocycles. The van der Waals surface area contributed by atoms with E-state index >= 15 is 0 Å². The maximum absolute atomic E-state index is 5.33. The van der Waals surface area contributed by atoms with Crippen LogP contribution in [-0.2, 0) is 28.4 Å². The highest BCUT2D eigenvalue weighted by Gasteiger charge is 2.43. The second-order valence-electron chi connectivity index (χ2n) is 8.25. The fraction of sp³-hybridized carbons (Fsp3) is 1.00. The lowest BCUT2D eigenvalue weighted by Crippen LogP contribution is -2.72. The zero-order valence-electron chi connectivity index (χ0n) is 18.1. The van der Waals surface area contributed by atoms with Gasteiger partial charge in [-0.1, -0.05) is 0 Å². The highest BCUT2D eigenvalue weighted by molar-refractivity contribution is 4.56. The van der Waals surface area contributed by atoms with Crippen molar-refractivity contribution in [1.82, 2.24) is 0 Å². The molecule has 0 radical (unpaired) electrons. The molecule has 4 rings (SSSR count).